The van der Waals surface area contributed by atoms with Crippen molar-refractivity contribution in [3.05, 3.63) is 81.5 Å². The highest BCUT2D eigenvalue weighted by Crippen LogP contribution is 2.33. The molecule has 1 amide bonds. The zero-order valence-electron chi connectivity index (χ0n) is 20.4. The number of anilines is 1. The number of amides is 1. The van der Waals surface area contributed by atoms with Gasteiger partial charge >= 0.3 is 0 Å². The van der Waals surface area contributed by atoms with E-state index >= 15 is 0 Å². The first-order valence-corrected chi connectivity index (χ1v) is 11.1. The van der Waals surface area contributed by atoms with Crippen LogP contribution >= 0.6 is 0 Å². The minimum Gasteiger partial charge on any atom is -0.493 e. The van der Waals surface area contributed by atoms with Gasteiger partial charge in [-0.15, -0.1) is 0 Å². The molecular weight excluding hydrogens is 446 g/mol. The van der Waals surface area contributed by atoms with Gasteiger partial charge in [-0.2, -0.15) is 0 Å². The number of aryl methyl sites for hydroxylation is 3. The summed E-state index contributed by atoms with van der Waals surface area (Å²) in [5.41, 5.74) is 4.22. The van der Waals surface area contributed by atoms with Gasteiger partial charge in [0.15, 0.2) is 23.9 Å². The number of carbonyl (C=O) groups excluding carboxylic acids is 1. The third-order valence-electron chi connectivity index (χ3n) is 5.61. The molecule has 180 valence electrons. The molecule has 4 aromatic rings. The third kappa shape index (κ3) is 4.99. The highest BCUT2D eigenvalue weighted by molar-refractivity contribution is 5.92. The molecule has 3 aromatic carbocycles. The van der Waals surface area contributed by atoms with Crippen LogP contribution in [0.3, 0.4) is 0 Å². The second-order valence-corrected chi connectivity index (χ2v) is 8.32. The van der Waals surface area contributed by atoms with E-state index in [1.54, 1.807) is 24.3 Å². The summed E-state index contributed by atoms with van der Waals surface area (Å²) in [6, 6.07) is 16.3. The molecule has 0 bridgehead atoms. The van der Waals surface area contributed by atoms with Crippen LogP contribution < -0.4 is 25.0 Å². The summed E-state index contributed by atoms with van der Waals surface area (Å²) in [7, 11) is 3.05. The lowest BCUT2D eigenvalue weighted by Crippen LogP contribution is -2.22. The van der Waals surface area contributed by atoms with Crippen molar-refractivity contribution < 1.29 is 23.4 Å². The van der Waals surface area contributed by atoms with Crippen molar-refractivity contribution in [2.45, 2.75) is 20.8 Å². The van der Waals surface area contributed by atoms with Gasteiger partial charge in [0, 0.05) is 17.3 Å². The molecule has 7 heteroatoms. The summed E-state index contributed by atoms with van der Waals surface area (Å²) in [6.07, 6.45) is 0. The Balaban J connectivity index is 1.68. The summed E-state index contributed by atoms with van der Waals surface area (Å²) in [5, 5.41) is 3.16. The van der Waals surface area contributed by atoms with E-state index in [-0.39, 0.29) is 23.5 Å². The van der Waals surface area contributed by atoms with Crippen LogP contribution in [-0.2, 0) is 4.79 Å². The van der Waals surface area contributed by atoms with Gasteiger partial charge in [0.05, 0.1) is 19.6 Å². The Morgan fingerprint density at radius 2 is 1.60 bits per heavy atom. The fourth-order valence-electron chi connectivity index (χ4n) is 3.91. The normalized spacial score (nSPS) is 10.8. The zero-order valence-corrected chi connectivity index (χ0v) is 20.4. The van der Waals surface area contributed by atoms with E-state index in [9.17, 15) is 9.59 Å². The standard InChI is InChI=1S/C28H27NO6/c1-16-6-8-19(9-7-16)27-28(25(31)21-13-17(2)12-18(3)26(21)35-27)34-15-24(30)29-20-10-11-22(32-4)23(14-20)33-5/h6-14H,15H2,1-5H3,(H,29,30). The van der Waals surface area contributed by atoms with Crippen molar-refractivity contribution in [3.63, 3.8) is 0 Å². The van der Waals surface area contributed by atoms with Crippen molar-refractivity contribution in [1.82, 2.24) is 0 Å². The summed E-state index contributed by atoms with van der Waals surface area (Å²) in [6.45, 7) is 5.41. The first-order chi connectivity index (χ1) is 16.8. The van der Waals surface area contributed by atoms with Gasteiger partial charge in [-0.05, 0) is 50.1 Å². The molecule has 0 unspecified atom stereocenters. The van der Waals surface area contributed by atoms with Crippen LogP contribution in [-0.4, -0.2) is 26.7 Å². The molecule has 1 N–H and O–H groups in total. The van der Waals surface area contributed by atoms with Crippen LogP contribution in [0.2, 0.25) is 0 Å². The SMILES string of the molecule is COc1ccc(NC(=O)COc2c(-c3ccc(C)cc3)oc3c(C)cc(C)cc3c2=O)cc1OC. The number of benzene rings is 3. The van der Waals surface area contributed by atoms with Gasteiger partial charge in [0.1, 0.15) is 5.58 Å². The van der Waals surface area contributed by atoms with Crippen LogP contribution in [0.1, 0.15) is 16.7 Å². The monoisotopic (exact) mass is 473 g/mol. The molecule has 1 aromatic heterocycles. The average molecular weight is 474 g/mol. The Labute approximate surface area is 203 Å². The third-order valence-corrected chi connectivity index (χ3v) is 5.61. The Kier molecular flexibility index (Phi) is 6.78. The molecule has 35 heavy (non-hydrogen) atoms. The molecule has 0 saturated carbocycles. The van der Waals surface area contributed by atoms with Gasteiger partial charge in [-0.1, -0.05) is 35.9 Å². The van der Waals surface area contributed by atoms with Gasteiger partial charge in [-0.25, -0.2) is 0 Å². The lowest BCUT2D eigenvalue weighted by atomic mass is 10.0. The number of fused-ring (bicyclic) bond motifs is 1. The molecule has 4 rings (SSSR count). The first-order valence-electron chi connectivity index (χ1n) is 11.1. The lowest BCUT2D eigenvalue weighted by molar-refractivity contribution is -0.118. The number of nitrogens with one attached hydrogen (secondary N) is 1. The highest BCUT2D eigenvalue weighted by Gasteiger charge is 2.20. The molecule has 0 atom stereocenters. The minimum absolute atomic E-state index is 0.00573. The Bertz CT molecular complexity index is 1450. The highest BCUT2D eigenvalue weighted by atomic mass is 16.5. The summed E-state index contributed by atoms with van der Waals surface area (Å²) in [5.74, 6) is 0.867. The first kappa shape index (κ1) is 23.9. The maximum Gasteiger partial charge on any atom is 0.262 e. The summed E-state index contributed by atoms with van der Waals surface area (Å²) < 4.78 is 22.5. The van der Waals surface area contributed by atoms with E-state index in [1.807, 2.05) is 51.1 Å². The molecule has 0 aliphatic heterocycles. The van der Waals surface area contributed by atoms with E-state index in [1.165, 1.54) is 14.2 Å². The van der Waals surface area contributed by atoms with Gasteiger partial charge in [0.25, 0.3) is 5.91 Å². The van der Waals surface area contributed by atoms with Gasteiger partial charge in [-0.3, -0.25) is 9.59 Å². The number of rotatable bonds is 7. The number of ether oxygens (including phenoxy) is 3. The van der Waals surface area contributed by atoms with Crippen molar-refractivity contribution >= 4 is 22.6 Å². The van der Waals surface area contributed by atoms with Crippen LogP contribution in [0, 0.1) is 20.8 Å². The minimum atomic E-state index is -0.438. The van der Waals surface area contributed by atoms with E-state index in [4.69, 9.17) is 18.6 Å². The van der Waals surface area contributed by atoms with E-state index < -0.39 is 5.91 Å². The number of hydrogen-bond acceptors (Lipinski definition) is 6. The maximum atomic E-state index is 13.5. The van der Waals surface area contributed by atoms with Gasteiger partial charge < -0.3 is 23.9 Å². The predicted molar refractivity (Wildman–Crippen MR) is 136 cm³/mol. The van der Waals surface area contributed by atoms with Crippen molar-refractivity contribution in [3.8, 4) is 28.6 Å². The van der Waals surface area contributed by atoms with Crippen LogP contribution in [0.4, 0.5) is 5.69 Å². The lowest BCUT2D eigenvalue weighted by Gasteiger charge is -2.14. The molecule has 0 aliphatic rings. The fourth-order valence-corrected chi connectivity index (χ4v) is 3.91. The van der Waals surface area contributed by atoms with Gasteiger partial charge in [0.2, 0.25) is 11.2 Å². The quantitative estimate of drug-likeness (QED) is 0.386. The Morgan fingerprint density at radius 3 is 2.29 bits per heavy atom. The molecule has 0 fully saturated rings. The summed E-state index contributed by atoms with van der Waals surface area (Å²) >= 11 is 0. The molecule has 0 aliphatic carbocycles. The largest absolute Gasteiger partial charge is 0.493 e. The van der Waals surface area contributed by atoms with Crippen LogP contribution in [0.5, 0.6) is 17.2 Å². The average Bonchev–Trinajstić information content (AvgIpc) is 2.84. The molecule has 0 spiro atoms. The van der Waals surface area contributed by atoms with Crippen LogP contribution in [0.25, 0.3) is 22.3 Å². The van der Waals surface area contributed by atoms with E-state index in [2.05, 4.69) is 5.32 Å². The number of carbonyl (C=O) groups is 1. The second kappa shape index (κ2) is 9.93. The number of methoxy groups -OCH3 is 2. The molecule has 0 radical (unpaired) electrons. The van der Waals surface area contributed by atoms with Crippen molar-refractivity contribution in [2.75, 3.05) is 26.1 Å². The zero-order chi connectivity index (χ0) is 25.1. The van der Waals surface area contributed by atoms with Crippen LogP contribution in [0.15, 0.2) is 63.8 Å². The Hall–Kier alpha value is -4.26. The molecule has 1 heterocycles. The van der Waals surface area contributed by atoms with E-state index in [0.717, 1.165) is 16.7 Å². The Morgan fingerprint density at radius 1 is 0.886 bits per heavy atom. The maximum absolute atomic E-state index is 13.5. The second-order valence-electron chi connectivity index (χ2n) is 8.32. The number of hydrogen-bond donors (Lipinski definition) is 1. The van der Waals surface area contributed by atoms with E-state index in [0.29, 0.717) is 33.7 Å². The topological polar surface area (TPSA) is 87.0 Å². The fraction of sp³-hybridized carbons (Fsp3) is 0.214. The molecule has 0 saturated heterocycles. The molecular formula is C28H27NO6. The summed E-state index contributed by atoms with van der Waals surface area (Å²) in [4.78, 5) is 26.1. The smallest absolute Gasteiger partial charge is 0.262 e. The van der Waals surface area contributed by atoms with Crippen molar-refractivity contribution in [2.24, 2.45) is 0 Å². The molecule has 7 nitrogen and oxygen atoms in total. The predicted octanol–water partition coefficient (Wildman–Crippen LogP) is 5.42. The van der Waals surface area contributed by atoms with Crippen molar-refractivity contribution in [1.29, 1.82) is 0 Å².